The number of aliphatic hydroxyl groups is 1. The Kier molecular flexibility index (Phi) is 39.0. The molecule has 702 valence electrons. The Morgan fingerprint density at radius 2 is 1.12 bits per heavy atom. The standard InChI is InChI=1S/C90H125FN12O25/c1-15-57-58-48-68(62(91)50-66(58)98-76-59(57)51-103-67(76)49-61-60(81(103)114)52-125-85(118)90(61,120)16-2)123-46-47-124-82(115)54(5)96-80(113)75(53(3)4)101-79(112)63(97-71(106)27-23-41-102-72(107)33-34-73(102)108)24-17-20-38-93-70(105)36-42-121-44-45-122-43-40-95-78(111)56-30-28-55(29-31-56)77(110)94-39-22-19-26-69(104)92-37-21-18-25-64(83(116)127-88(9,10)11)99-86(119)100-65(84(117)128-89(12,13)14)32-35-74(109)126-87(6,7)8/h28-31,33-34,48-50,53-54,63-65,75,120H,15-27,32,35-47,51-52H2,1-14H3,(H,92,104)(H,93,105)(H,94,110)(H,95,111)(H,96,113)(H,97,106)(H,101,112)(H2,99,100,119)/t54-,63-,64-,65-,75-,90-/m0/s1. The fourth-order valence-corrected chi connectivity index (χ4v) is 14.0. The van der Waals surface area contributed by atoms with E-state index in [1.165, 1.54) is 47.9 Å². The highest BCUT2D eigenvalue weighted by Gasteiger charge is 2.46. The van der Waals surface area contributed by atoms with Crippen LogP contribution in [0.25, 0.3) is 22.3 Å². The van der Waals surface area contributed by atoms with E-state index in [0.29, 0.717) is 78.4 Å². The van der Waals surface area contributed by atoms with Crippen molar-refractivity contribution in [1.82, 2.24) is 62.3 Å². The van der Waals surface area contributed by atoms with Crippen molar-refractivity contribution < 1.29 is 119 Å². The number of amides is 11. The summed E-state index contributed by atoms with van der Waals surface area (Å²) in [5.74, 6) is -9.71. The molecule has 0 radical (unpaired) electrons. The number of ether oxygens (including phenoxy) is 8. The van der Waals surface area contributed by atoms with E-state index in [4.69, 9.17) is 42.9 Å². The molecule has 7 rings (SSSR count). The van der Waals surface area contributed by atoms with Gasteiger partial charge in [-0.3, -0.25) is 57.6 Å². The van der Waals surface area contributed by atoms with Crippen LogP contribution < -0.4 is 58.1 Å². The van der Waals surface area contributed by atoms with Gasteiger partial charge in [0.2, 0.25) is 29.5 Å². The van der Waals surface area contributed by atoms with E-state index in [1.807, 2.05) is 6.92 Å². The third kappa shape index (κ3) is 31.9. The second-order valence-electron chi connectivity index (χ2n) is 34.7. The Morgan fingerprint density at radius 1 is 0.562 bits per heavy atom. The number of carbonyl (C=O) groups excluding carboxylic acids is 15. The zero-order chi connectivity index (χ0) is 94.4. The van der Waals surface area contributed by atoms with Gasteiger partial charge in [0, 0.05) is 104 Å². The number of nitrogens with one attached hydrogen (secondary N) is 9. The number of carbonyl (C=O) groups is 15. The van der Waals surface area contributed by atoms with Crippen LogP contribution in [0.15, 0.2) is 59.4 Å². The number of aryl methyl sites for hydroxylation is 1. The van der Waals surface area contributed by atoms with E-state index < -0.39 is 141 Å². The number of benzene rings is 2. The van der Waals surface area contributed by atoms with Crippen molar-refractivity contribution >= 4 is 99.9 Å². The molecule has 0 aliphatic carbocycles. The van der Waals surface area contributed by atoms with Gasteiger partial charge in [0.15, 0.2) is 17.2 Å². The first-order valence-corrected chi connectivity index (χ1v) is 43.6. The normalized spacial score (nSPS) is 15.2. The highest BCUT2D eigenvalue weighted by Crippen LogP contribution is 2.41. The number of nitrogens with zero attached hydrogens (tertiary/aromatic N) is 3. The minimum atomic E-state index is -2.03. The molecule has 2 aromatic carbocycles. The van der Waals surface area contributed by atoms with Gasteiger partial charge in [0.1, 0.15) is 66.8 Å². The number of unbranched alkanes of at least 4 members (excludes halogenated alkanes) is 3. The lowest BCUT2D eigenvalue weighted by atomic mass is 9.86. The number of esters is 5. The first kappa shape index (κ1) is 103. The molecule has 11 amide bonds. The van der Waals surface area contributed by atoms with Gasteiger partial charge in [-0.15, -0.1) is 0 Å². The van der Waals surface area contributed by atoms with Gasteiger partial charge in [0.05, 0.1) is 55.4 Å². The number of urea groups is 1. The number of imide groups is 1. The lowest BCUT2D eigenvalue weighted by molar-refractivity contribution is -0.172. The van der Waals surface area contributed by atoms with Crippen LogP contribution in [0.3, 0.4) is 0 Å². The monoisotopic (exact) mass is 1790 g/mol. The van der Waals surface area contributed by atoms with Gasteiger partial charge in [0.25, 0.3) is 29.2 Å². The van der Waals surface area contributed by atoms with Crippen molar-refractivity contribution in [2.24, 2.45) is 5.92 Å². The smallest absolute Gasteiger partial charge is 0.343 e. The molecule has 6 atom stereocenters. The predicted molar refractivity (Wildman–Crippen MR) is 463 cm³/mol. The van der Waals surface area contributed by atoms with Gasteiger partial charge in [-0.2, -0.15) is 0 Å². The van der Waals surface area contributed by atoms with Crippen LogP contribution >= 0.6 is 0 Å². The number of hydrogen-bond acceptors (Lipinski definition) is 26. The summed E-state index contributed by atoms with van der Waals surface area (Å²) in [5, 5.41) is 36.1. The van der Waals surface area contributed by atoms with E-state index in [0.717, 1.165) is 22.6 Å². The van der Waals surface area contributed by atoms with Crippen LogP contribution in [0.1, 0.15) is 236 Å². The van der Waals surface area contributed by atoms with Crippen LogP contribution in [-0.4, -0.2) is 228 Å². The van der Waals surface area contributed by atoms with Crippen molar-refractivity contribution in [2.75, 3.05) is 72.4 Å². The number of aromatic nitrogens is 2. The fraction of sp³-hybridized carbons (Fsp3) is 0.589. The molecular weight excluding hydrogens is 1670 g/mol. The highest BCUT2D eigenvalue weighted by atomic mass is 19.1. The molecule has 128 heavy (non-hydrogen) atoms. The van der Waals surface area contributed by atoms with E-state index in [2.05, 4.69) is 47.9 Å². The summed E-state index contributed by atoms with van der Waals surface area (Å²) in [4.78, 5) is 214. The second-order valence-corrected chi connectivity index (χ2v) is 34.7. The molecule has 3 aliphatic heterocycles. The van der Waals surface area contributed by atoms with Gasteiger partial charge < -0.3 is 95.4 Å². The summed E-state index contributed by atoms with van der Waals surface area (Å²) in [6.07, 6.45) is 5.12. The minimum absolute atomic E-state index is 0.0111. The maximum Gasteiger partial charge on any atom is 0.343 e. The maximum absolute atomic E-state index is 15.8. The average Bonchev–Trinajstić information content (AvgIpc) is 1.52. The third-order valence-electron chi connectivity index (χ3n) is 20.5. The van der Waals surface area contributed by atoms with Crippen LogP contribution in [-0.2, 0) is 116 Å². The largest absolute Gasteiger partial charge is 0.487 e. The molecule has 0 spiro atoms. The summed E-state index contributed by atoms with van der Waals surface area (Å²) in [7, 11) is 0. The lowest BCUT2D eigenvalue weighted by Gasteiger charge is -2.31. The minimum Gasteiger partial charge on any atom is -0.487 e. The molecule has 38 heteroatoms. The van der Waals surface area contributed by atoms with Gasteiger partial charge >= 0.3 is 35.9 Å². The Bertz CT molecular complexity index is 4740. The summed E-state index contributed by atoms with van der Waals surface area (Å²) in [5.41, 5.74) is -1.60. The molecule has 0 unspecified atom stereocenters. The van der Waals surface area contributed by atoms with E-state index >= 15 is 4.39 Å². The van der Waals surface area contributed by atoms with Crippen LogP contribution in [0.2, 0.25) is 0 Å². The van der Waals surface area contributed by atoms with E-state index in [-0.39, 0.29) is 183 Å². The highest BCUT2D eigenvalue weighted by molar-refractivity contribution is 6.13. The van der Waals surface area contributed by atoms with Crippen molar-refractivity contribution in [2.45, 2.75) is 265 Å². The zero-order valence-electron chi connectivity index (χ0n) is 75.6. The first-order valence-electron chi connectivity index (χ1n) is 43.6. The molecule has 0 fully saturated rings. The summed E-state index contributed by atoms with van der Waals surface area (Å²) < 4.78 is 61.2. The Balaban J connectivity index is 0.748. The molecule has 5 heterocycles. The van der Waals surface area contributed by atoms with Crippen LogP contribution in [0.5, 0.6) is 5.75 Å². The van der Waals surface area contributed by atoms with Gasteiger partial charge in [-0.25, -0.2) is 33.3 Å². The quantitative estimate of drug-likeness (QED) is 0.00964. The zero-order valence-corrected chi connectivity index (χ0v) is 75.6. The number of halogens is 1. The average molecular weight is 1790 g/mol. The fourth-order valence-electron chi connectivity index (χ4n) is 14.0. The van der Waals surface area contributed by atoms with Gasteiger partial charge in [-0.05, 0) is 194 Å². The number of pyridine rings is 2. The van der Waals surface area contributed by atoms with Crippen molar-refractivity contribution in [3.8, 4) is 17.1 Å². The molecule has 0 bridgehead atoms. The van der Waals surface area contributed by atoms with Gasteiger partial charge in [-0.1, -0.05) is 27.7 Å². The number of fused-ring (bicyclic) bond motifs is 5. The van der Waals surface area contributed by atoms with Crippen LogP contribution in [0.4, 0.5) is 9.18 Å². The van der Waals surface area contributed by atoms with Crippen LogP contribution in [0, 0.1) is 11.7 Å². The molecule has 37 nitrogen and oxygen atoms in total. The van der Waals surface area contributed by atoms with Crippen molar-refractivity contribution in [3.63, 3.8) is 0 Å². The first-order chi connectivity index (χ1) is 60.4. The Labute approximate surface area is 743 Å². The molecule has 0 saturated carbocycles. The Hall–Kier alpha value is -11.8. The predicted octanol–water partition coefficient (Wildman–Crippen LogP) is 5.71. The number of hydrogen-bond donors (Lipinski definition) is 10. The molecule has 3 aliphatic rings. The summed E-state index contributed by atoms with van der Waals surface area (Å²) in [6, 6.07) is 3.39. The number of cyclic esters (lactones) is 1. The van der Waals surface area contributed by atoms with E-state index in [9.17, 15) is 81.8 Å². The summed E-state index contributed by atoms with van der Waals surface area (Å²) in [6.45, 7) is 23.8. The maximum atomic E-state index is 15.8. The summed E-state index contributed by atoms with van der Waals surface area (Å²) >= 11 is 0. The molecule has 0 saturated heterocycles. The topological polar surface area (TPSA) is 497 Å². The van der Waals surface area contributed by atoms with Crippen molar-refractivity contribution in [3.05, 3.63) is 104 Å². The lowest BCUT2D eigenvalue weighted by Crippen LogP contribution is -2.57. The van der Waals surface area contributed by atoms with E-state index in [1.54, 1.807) is 89.2 Å². The number of rotatable bonds is 50. The SMILES string of the molecule is CCc1c2c(nc3cc(F)c(OCCOC(=O)[C@H](C)NC(=O)[C@@H](NC(=O)[C@H](CCCCNC(=O)CCOCCOCCNC(=O)c4ccc(C(=O)NCCCCC(=O)NCCCC[C@H](NC(=O)N[C@@H](CCC(=O)OC(C)(C)C)C(=O)OC(C)(C)C)C(=O)OC(C)(C)C)cc4)NC(=O)CCCN4C(=O)C=CC4=O)C(C)C)cc13)-c1cc3c(c(=O)n1C2)COC(=O)[C@]3(O)CC. The van der Waals surface area contributed by atoms with Crippen molar-refractivity contribution in [1.29, 1.82) is 0 Å². The molecule has 4 aromatic rings. The third-order valence-corrected chi connectivity index (χ3v) is 20.5. The molecular formula is C90H125FN12O25. The molecule has 2 aromatic heterocycles. The Morgan fingerprint density at radius 3 is 1.70 bits per heavy atom. The molecule has 10 N–H and O–H groups in total. The second kappa shape index (κ2) is 48.4.